The third kappa shape index (κ3) is 3.27. The van der Waals surface area contributed by atoms with Crippen LogP contribution in [0.25, 0.3) is 85.5 Å². The fourth-order valence-corrected chi connectivity index (χ4v) is 8.18. The molecule has 0 spiro atoms. The van der Waals surface area contributed by atoms with Gasteiger partial charge in [0.25, 0.3) is 0 Å². The molecule has 0 atom stereocenters. The molecule has 190 valence electrons. The maximum atomic E-state index is 2.33. The van der Waals surface area contributed by atoms with Gasteiger partial charge in [0, 0.05) is 20.2 Å². The van der Waals surface area contributed by atoms with E-state index in [1.165, 1.54) is 85.5 Å². The third-order valence-corrected chi connectivity index (χ3v) is 9.85. The van der Waals surface area contributed by atoms with E-state index in [0.717, 1.165) is 0 Å². The molecule has 9 aromatic rings. The van der Waals surface area contributed by atoms with Gasteiger partial charge in [-0.1, -0.05) is 140 Å². The molecule has 0 N–H and O–H groups in total. The van der Waals surface area contributed by atoms with Crippen molar-refractivity contribution in [1.29, 1.82) is 0 Å². The number of fused-ring (bicyclic) bond motifs is 8. The van der Waals surface area contributed by atoms with Crippen LogP contribution in [0, 0.1) is 0 Å². The molecule has 0 radical (unpaired) electrons. The van der Waals surface area contributed by atoms with Gasteiger partial charge in [0.1, 0.15) is 0 Å². The van der Waals surface area contributed by atoms with Crippen molar-refractivity contribution in [3.05, 3.63) is 146 Å². The molecule has 8 aromatic carbocycles. The van der Waals surface area contributed by atoms with Crippen molar-refractivity contribution >= 4 is 74.6 Å². The number of hydrogen-bond acceptors (Lipinski definition) is 1. The highest BCUT2D eigenvalue weighted by Crippen LogP contribution is 2.49. The zero-order valence-electron chi connectivity index (χ0n) is 22.3. The molecule has 0 aliphatic heterocycles. The SMILES string of the molecule is c1ccc2c(-c3c4ccccc4c(-c4cccc5sc6c7ccccc7ccc6c45)c4ccccc34)cccc2c1. The zero-order valence-corrected chi connectivity index (χ0v) is 23.1. The number of benzene rings is 8. The summed E-state index contributed by atoms with van der Waals surface area (Å²) in [7, 11) is 0. The Balaban J connectivity index is 1.46. The maximum Gasteiger partial charge on any atom is 0.0434 e. The third-order valence-electron chi connectivity index (χ3n) is 8.65. The Bertz CT molecular complexity index is 2410. The molecule has 0 fully saturated rings. The van der Waals surface area contributed by atoms with Gasteiger partial charge < -0.3 is 0 Å². The molecule has 1 aromatic heterocycles. The summed E-state index contributed by atoms with van der Waals surface area (Å²) in [4.78, 5) is 0. The fraction of sp³-hybridized carbons (Fsp3) is 0. The van der Waals surface area contributed by atoms with E-state index in [1.54, 1.807) is 0 Å². The summed E-state index contributed by atoms with van der Waals surface area (Å²) in [5, 5.41) is 13.0. The lowest BCUT2D eigenvalue weighted by molar-refractivity contribution is 1.69. The van der Waals surface area contributed by atoms with Gasteiger partial charge in [-0.15, -0.1) is 11.3 Å². The summed E-state index contributed by atoms with van der Waals surface area (Å²) in [6, 6.07) is 53.6. The Kier molecular flexibility index (Phi) is 4.87. The molecule has 0 unspecified atom stereocenters. The Labute approximate surface area is 241 Å². The first-order chi connectivity index (χ1) is 20.4. The van der Waals surface area contributed by atoms with Crippen molar-refractivity contribution in [2.75, 3.05) is 0 Å². The van der Waals surface area contributed by atoms with Gasteiger partial charge in [-0.3, -0.25) is 0 Å². The molecule has 0 saturated heterocycles. The van der Waals surface area contributed by atoms with E-state index in [4.69, 9.17) is 0 Å². The molecule has 0 nitrogen and oxygen atoms in total. The van der Waals surface area contributed by atoms with E-state index in [2.05, 4.69) is 146 Å². The summed E-state index contributed by atoms with van der Waals surface area (Å²) in [6.07, 6.45) is 0. The molecule has 0 saturated carbocycles. The van der Waals surface area contributed by atoms with Crippen LogP contribution in [0.1, 0.15) is 0 Å². The van der Waals surface area contributed by atoms with Crippen LogP contribution >= 0.6 is 11.3 Å². The van der Waals surface area contributed by atoms with Crippen molar-refractivity contribution in [2.24, 2.45) is 0 Å². The number of thiophene rings is 1. The second-order valence-electron chi connectivity index (χ2n) is 10.8. The Morgan fingerprint density at radius 3 is 1.49 bits per heavy atom. The van der Waals surface area contributed by atoms with Crippen molar-refractivity contribution in [3.8, 4) is 22.3 Å². The van der Waals surface area contributed by atoms with Crippen LogP contribution < -0.4 is 0 Å². The second kappa shape index (κ2) is 8.76. The first-order valence-electron chi connectivity index (χ1n) is 14.1. The average molecular weight is 537 g/mol. The lowest BCUT2D eigenvalue weighted by atomic mass is 9.84. The first-order valence-corrected chi connectivity index (χ1v) is 14.9. The van der Waals surface area contributed by atoms with Crippen molar-refractivity contribution in [1.82, 2.24) is 0 Å². The molecule has 0 amide bonds. The van der Waals surface area contributed by atoms with Crippen molar-refractivity contribution in [3.63, 3.8) is 0 Å². The van der Waals surface area contributed by atoms with Crippen molar-refractivity contribution < 1.29 is 0 Å². The highest BCUT2D eigenvalue weighted by molar-refractivity contribution is 7.26. The standard InChI is InChI=1S/C40H24S/c1-3-14-27-25(11-1)13-9-20-29(27)37-30-16-5-7-18-32(30)38(33-19-8-6-17-31(33)37)34-21-10-22-36-39(34)35-24-23-26-12-2-4-15-28(26)40(35)41-36/h1-24H. The molecule has 0 bridgehead atoms. The predicted octanol–water partition coefficient (Wildman–Crippen LogP) is 12.0. The zero-order chi connectivity index (χ0) is 26.9. The molecular weight excluding hydrogens is 513 g/mol. The van der Waals surface area contributed by atoms with Crippen LogP contribution in [0.4, 0.5) is 0 Å². The van der Waals surface area contributed by atoms with Gasteiger partial charge in [-0.2, -0.15) is 0 Å². The second-order valence-corrected chi connectivity index (χ2v) is 11.9. The lowest BCUT2D eigenvalue weighted by Crippen LogP contribution is -1.92. The minimum atomic E-state index is 1.27. The number of rotatable bonds is 2. The van der Waals surface area contributed by atoms with Crippen LogP contribution in [0.15, 0.2) is 146 Å². The molecular formula is C40H24S. The van der Waals surface area contributed by atoms with E-state index in [9.17, 15) is 0 Å². The minimum absolute atomic E-state index is 1.27. The smallest absolute Gasteiger partial charge is 0.0434 e. The van der Waals surface area contributed by atoms with Crippen LogP contribution in [-0.4, -0.2) is 0 Å². The predicted molar refractivity (Wildman–Crippen MR) is 180 cm³/mol. The summed E-state index contributed by atoms with van der Waals surface area (Å²) < 4.78 is 2.70. The van der Waals surface area contributed by atoms with Crippen LogP contribution in [0.3, 0.4) is 0 Å². The largest absolute Gasteiger partial charge is 0.135 e. The van der Waals surface area contributed by atoms with E-state index >= 15 is 0 Å². The maximum absolute atomic E-state index is 2.33. The quantitative estimate of drug-likeness (QED) is 0.193. The highest BCUT2D eigenvalue weighted by Gasteiger charge is 2.20. The van der Waals surface area contributed by atoms with Crippen LogP contribution in [0.5, 0.6) is 0 Å². The molecule has 9 rings (SSSR count). The highest BCUT2D eigenvalue weighted by atomic mass is 32.1. The molecule has 1 heteroatoms. The van der Waals surface area contributed by atoms with Crippen LogP contribution in [-0.2, 0) is 0 Å². The molecule has 0 aliphatic rings. The van der Waals surface area contributed by atoms with Gasteiger partial charge in [0.05, 0.1) is 0 Å². The summed E-state index contributed by atoms with van der Waals surface area (Å²) >= 11 is 1.91. The minimum Gasteiger partial charge on any atom is -0.135 e. The summed E-state index contributed by atoms with van der Waals surface area (Å²) in [5.74, 6) is 0. The molecule has 0 aliphatic carbocycles. The fourth-order valence-electron chi connectivity index (χ4n) is 6.91. The topological polar surface area (TPSA) is 0 Å². The molecule has 41 heavy (non-hydrogen) atoms. The Hall–Kier alpha value is -4.98. The normalized spacial score (nSPS) is 11.9. The van der Waals surface area contributed by atoms with Gasteiger partial charge in [0.2, 0.25) is 0 Å². The average Bonchev–Trinajstić information content (AvgIpc) is 3.43. The van der Waals surface area contributed by atoms with Gasteiger partial charge in [-0.25, -0.2) is 0 Å². The lowest BCUT2D eigenvalue weighted by Gasteiger charge is -2.19. The monoisotopic (exact) mass is 536 g/mol. The van der Waals surface area contributed by atoms with E-state index in [-0.39, 0.29) is 0 Å². The van der Waals surface area contributed by atoms with E-state index in [0.29, 0.717) is 0 Å². The van der Waals surface area contributed by atoms with Crippen molar-refractivity contribution in [2.45, 2.75) is 0 Å². The van der Waals surface area contributed by atoms with E-state index < -0.39 is 0 Å². The summed E-state index contributed by atoms with van der Waals surface area (Å²) in [5.41, 5.74) is 5.22. The van der Waals surface area contributed by atoms with Crippen LogP contribution in [0.2, 0.25) is 0 Å². The van der Waals surface area contributed by atoms with E-state index in [1.807, 2.05) is 11.3 Å². The first kappa shape index (κ1) is 22.8. The molecule has 1 heterocycles. The number of hydrogen-bond donors (Lipinski definition) is 0. The Morgan fingerprint density at radius 1 is 0.317 bits per heavy atom. The summed E-state index contributed by atoms with van der Waals surface area (Å²) in [6.45, 7) is 0. The Morgan fingerprint density at radius 2 is 0.805 bits per heavy atom. The van der Waals surface area contributed by atoms with Gasteiger partial charge in [0.15, 0.2) is 0 Å². The van der Waals surface area contributed by atoms with Gasteiger partial charge in [-0.05, 0) is 71.4 Å². The van der Waals surface area contributed by atoms with Gasteiger partial charge >= 0.3 is 0 Å².